The van der Waals surface area contributed by atoms with Crippen LogP contribution >= 0.6 is 0 Å². The van der Waals surface area contributed by atoms with E-state index in [4.69, 9.17) is 0 Å². The lowest BCUT2D eigenvalue weighted by Crippen LogP contribution is -2.10. The van der Waals surface area contributed by atoms with E-state index >= 15 is 0 Å². The van der Waals surface area contributed by atoms with E-state index in [0.717, 1.165) is 26.4 Å². The molecule has 0 heterocycles. The lowest BCUT2D eigenvalue weighted by Gasteiger charge is -2.04. The normalized spacial score (nSPS) is 11.9. The zero-order valence-corrected chi connectivity index (χ0v) is 17.3. The maximum absolute atomic E-state index is 11.0. The molecule has 25 heavy (non-hydrogen) atoms. The van der Waals surface area contributed by atoms with E-state index in [9.17, 15) is 8.42 Å². The molecular weight excluding hydrogens is 340 g/mol. The van der Waals surface area contributed by atoms with Gasteiger partial charge < -0.3 is 0 Å². The van der Waals surface area contributed by atoms with Crippen molar-refractivity contribution in [3.05, 3.63) is 0 Å². The first-order valence-electron chi connectivity index (χ1n) is 10.2. The summed E-state index contributed by atoms with van der Waals surface area (Å²) in [7, 11) is -2.84. The molecule has 0 radical (unpaired) electrons. The Labute approximate surface area is 156 Å². The first-order valence-corrected chi connectivity index (χ1v) is 11.6. The second-order valence-electron chi connectivity index (χ2n) is 6.77. The van der Waals surface area contributed by atoms with Gasteiger partial charge in [-0.15, -0.1) is 0 Å². The lowest BCUT2D eigenvalue weighted by atomic mass is 10.0. The predicted molar refractivity (Wildman–Crippen MR) is 103 cm³/mol. The van der Waals surface area contributed by atoms with Crippen molar-refractivity contribution in [2.45, 2.75) is 110 Å². The van der Waals surface area contributed by atoms with Gasteiger partial charge in [0.05, 0.1) is 13.7 Å². The van der Waals surface area contributed by atoms with E-state index in [2.05, 4.69) is 20.3 Å². The van der Waals surface area contributed by atoms with E-state index in [1.54, 1.807) is 0 Å². The van der Waals surface area contributed by atoms with Crippen LogP contribution in [0.3, 0.4) is 0 Å². The van der Waals surface area contributed by atoms with E-state index in [1.807, 2.05) is 0 Å². The van der Waals surface area contributed by atoms with Crippen LogP contribution in [0.25, 0.3) is 0 Å². The van der Waals surface area contributed by atoms with E-state index in [-0.39, 0.29) is 6.61 Å². The second-order valence-corrected chi connectivity index (χ2v) is 7.96. The van der Waals surface area contributed by atoms with Crippen LogP contribution in [0, 0.1) is 0 Å². The number of rotatable bonds is 20. The van der Waals surface area contributed by atoms with Crippen molar-refractivity contribution >= 4 is 10.4 Å². The summed E-state index contributed by atoms with van der Waals surface area (Å²) < 4.78 is 30.7. The van der Waals surface area contributed by atoms with E-state index in [0.29, 0.717) is 0 Å². The third kappa shape index (κ3) is 20.0. The highest BCUT2D eigenvalue weighted by Gasteiger charge is 2.11. The predicted octanol–water partition coefficient (Wildman–Crippen LogP) is 6.09. The monoisotopic (exact) mass is 380 g/mol. The Morgan fingerprint density at radius 2 is 0.960 bits per heavy atom. The van der Waals surface area contributed by atoms with Crippen molar-refractivity contribution in [2.24, 2.45) is 0 Å². The maximum atomic E-state index is 11.0. The molecule has 0 saturated heterocycles. The van der Waals surface area contributed by atoms with Gasteiger partial charge in [0.2, 0.25) is 0 Å². The fourth-order valence-corrected chi connectivity index (χ4v) is 3.44. The molecule has 0 bridgehead atoms. The number of unbranched alkanes of at least 4 members (excludes halogenated alkanes) is 15. The van der Waals surface area contributed by atoms with Gasteiger partial charge in [-0.3, -0.25) is 0 Å². The van der Waals surface area contributed by atoms with Crippen molar-refractivity contribution < 1.29 is 21.8 Å². The molecule has 0 aliphatic heterocycles. The molecule has 0 aromatic carbocycles. The van der Waals surface area contributed by atoms with Gasteiger partial charge in [-0.2, -0.15) is 8.42 Å². The molecule has 0 aliphatic rings. The van der Waals surface area contributed by atoms with E-state index in [1.165, 1.54) is 83.5 Å². The summed E-state index contributed by atoms with van der Waals surface area (Å²) in [5, 5.41) is 0. The third-order valence-electron chi connectivity index (χ3n) is 4.38. The zero-order chi connectivity index (χ0) is 18.6. The Hall–Kier alpha value is -0.170. The molecule has 0 aromatic heterocycles. The quantitative estimate of drug-likeness (QED) is 0.145. The van der Waals surface area contributed by atoms with Gasteiger partial charge in [0.25, 0.3) is 0 Å². The summed E-state index contributed by atoms with van der Waals surface area (Å²) >= 11 is 0. The third-order valence-corrected chi connectivity index (χ3v) is 5.14. The molecule has 0 unspecified atom stereocenters. The van der Waals surface area contributed by atoms with Crippen LogP contribution in [0.5, 0.6) is 0 Å². The minimum atomic E-state index is -3.97. The van der Waals surface area contributed by atoms with Crippen LogP contribution in [-0.4, -0.2) is 22.1 Å². The smallest absolute Gasteiger partial charge is 0.246 e. The Balaban J connectivity index is 3.12. The lowest BCUT2D eigenvalue weighted by molar-refractivity contribution is -0.181. The summed E-state index contributed by atoms with van der Waals surface area (Å²) in [4.78, 5) is 4.08. The average molecular weight is 381 g/mol. The minimum Gasteiger partial charge on any atom is -0.246 e. The molecule has 0 aliphatic carbocycles. The summed E-state index contributed by atoms with van der Waals surface area (Å²) in [6, 6.07) is 0. The second kappa shape index (κ2) is 18.6. The van der Waals surface area contributed by atoms with Gasteiger partial charge >= 0.3 is 10.4 Å². The maximum Gasteiger partial charge on any atom is 0.426 e. The largest absolute Gasteiger partial charge is 0.426 e. The highest BCUT2D eigenvalue weighted by atomic mass is 32.3. The molecule has 0 aromatic rings. The Morgan fingerprint density at radius 3 is 1.32 bits per heavy atom. The van der Waals surface area contributed by atoms with E-state index < -0.39 is 10.4 Å². The standard InChI is InChI=1S/C19H40O5S/c1-3-4-5-6-7-8-9-10-11-12-13-14-15-16-17-18-19-23-25(20,21)24-22-2/h3-19H2,1-2H3. The Kier molecular flexibility index (Phi) is 18.5. The Bertz CT molecular complexity index is 357. The minimum absolute atomic E-state index is 0.157. The fraction of sp³-hybridized carbons (Fsp3) is 1.00. The first-order chi connectivity index (χ1) is 12.1. The molecule has 6 heteroatoms. The van der Waals surface area contributed by atoms with Gasteiger partial charge in [0, 0.05) is 0 Å². The molecular formula is C19H40O5S. The molecule has 0 amide bonds. The summed E-state index contributed by atoms with van der Waals surface area (Å²) in [6.07, 6.45) is 20.6. The van der Waals surface area contributed by atoms with Gasteiger partial charge in [-0.25, -0.2) is 9.07 Å². The van der Waals surface area contributed by atoms with Gasteiger partial charge in [-0.1, -0.05) is 108 Å². The number of hydrogen-bond donors (Lipinski definition) is 0. The van der Waals surface area contributed by atoms with Crippen LogP contribution in [0.15, 0.2) is 0 Å². The van der Waals surface area contributed by atoms with Crippen molar-refractivity contribution in [1.29, 1.82) is 0 Å². The topological polar surface area (TPSA) is 61.8 Å². The van der Waals surface area contributed by atoms with Crippen molar-refractivity contribution in [2.75, 3.05) is 13.7 Å². The summed E-state index contributed by atoms with van der Waals surface area (Å²) in [5.41, 5.74) is 0. The molecule has 152 valence electrons. The van der Waals surface area contributed by atoms with Crippen LogP contribution in [0.4, 0.5) is 0 Å². The molecule has 0 N–H and O–H groups in total. The highest BCUT2D eigenvalue weighted by molar-refractivity contribution is 7.81. The Morgan fingerprint density at radius 1 is 0.600 bits per heavy atom. The highest BCUT2D eigenvalue weighted by Crippen LogP contribution is 2.13. The molecule has 0 fully saturated rings. The van der Waals surface area contributed by atoms with Crippen molar-refractivity contribution in [1.82, 2.24) is 0 Å². The molecule has 0 spiro atoms. The molecule has 0 rings (SSSR count). The number of hydrogen-bond acceptors (Lipinski definition) is 5. The molecule has 0 saturated carbocycles. The van der Waals surface area contributed by atoms with Crippen LogP contribution < -0.4 is 0 Å². The first kappa shape index (κ1) is 24.8. The average Bonchev–Trinajstić information content (AvgIpc) is 2.57. The summed E-state index contributed by atoms with van der Waals surface area (Å²) in [6.45, 7) is 2.42. The molecule has 5 nitrogen and oxygen atoms in total. The van der Waals surface area contributed by atoms with Gasteiger partial charge in [-0.05, 0) is 6.42 Å². The SMILES string of the molecule is CCCCCCCCCCCCCCCCCCOS(=O)(=O)OOC. The van der Waals surface area contributed by atoms with Gasteiger partial charge in [0.1, 0.15) is 0 Å². The van der Waals surface area contributed by atoms with Crippen LogP contribution in [-0.2, 0) is 23.8 Å². The van der Waals surface area contributed by atoms with Crippen molar-refractivity contribution in [3.63, 3.8) is 0 Å². The molecule has 0 atom stereocenters. The van der Waals surface area contributed by atoms with Crippen LogP contribution in [0.2, 0.25) is 0 Å². The summed E-state index contributed by atoms with van der Waals surface area (Å²) in [5.74, 6) is 0. The van der Waals surface area contributed by atoms with Crippen molar-refractivity contribution in [3.8, 4) is 0 Å². The zero-order valence-electron chi connectivity index (χ0n) is 16.5. The van der Waals surface area contributed by atoms with Gasteiger partial charge in [0.15, 0.2) is 0 Å². The fourth-order valence-electron chi connectivity index (χ4n) is 2.91. The van der Waals surface area contributed by atoms with Crippen LogP contribution in [0.1, 0.15) is 110 Å².